The highest BCUT2D eigenvalue weighted by Crippen LogP contribution is 2.36. The predicted octanol–water partition coefficient (Wildman–Crippen LogP) is 3.12. The van der Waals surface area contributed by atoms with Gasteiger partial charge in [-0.25, -0.2) is 10.3 Å². The van der Waals surface area contributed by atoms with Crippen LogP contribution in [0.1, 0.15) is 0 Å². The fraction of sp³-hybridized carbons (Fsp3) is 0. The van der Waals surface area contributed by atoms with Gasteiger partial charge in [0.05, 0.1) is 11.4 Å². The Morgan fingerprint density at radius 3 is 2.36 bits per heavy atom. The minimum Gasteiger partial charge on any atom is -0.235 e. The zero-order chi connectivity index (χ0) is 7.84. The topological polar surface area (TPSA) is 26.5 Å². The molecule has 1 heterocycles. The van der Waals surface area contributed by atoms with Gasteiger partial charge in [-0.05, 0) is 44.0 Å². The molecule has 1 aliphatic rings. The molecule has 1 aromatic rings. The van der Waals surface area contributed by atoms with E-state index >= 15 is 0 Å². The lowest BCUT2D eigenvalue weighted by Crippen LogP contribution is -1.84. The van der Waals surface area contributed by atoms with E-state index in [0.29, 0.717) is 0 Å². The van der Waals surface area contributed by atoms with E-state index in [1.54, 1.807) is 6.34 Å². The van der Waals surface area contributed by atoms with Crippen molar-refractivity contribution < 1.29 is 0 Å². The average Bonchev–Trinajstić information content (AvgIpc) is 2.36. The second-order valence-electron chi connectivity index (χ2n) is 2.13. The number of hydrogen-bond acceptors (Lipinski definition) is 1. The summed E-state index contributed by atoms with van der Waals surface area (Å²) in [6.45, 7) is 0. The maximum atomic E-state index is 4.06. The Balaban J connectivity index is 2.63. The number of nitrogens with zero attached hydrogens (tertiary/aromatic N) is 2. The molecule has 0 saturated heterocycles. The first kappa shape index (κ1) is 7.31. The minimum atomic E-state index is 0.917. The van der Waals surface area contributed by atoms with Crippen molar-refractivity contribution in [3.8, 4) is 0 Å². The summed E-state index contributed by atoms with van der Waals surface area (Å²) in [6.07, 6.45) is 1.56. The molecule has 11 heavy (non-hydrogen) atoms. The van der Waals surface area contributed by atoms with E-state index in [-0.39, 0.29) is 0 Å². The van der Waals surface area contributed by atoms with Crippen molar-refractivity contribution >= 4 is 49.6 Å². The minimum absolute atomic E-state index is 0.917. The van der Waals surface area contributed by atoms with Crippen molar-refractivity contribution in [1.82, 2.24) is 5.32 Å². The molecular formula is C7H3Br2N2. The molecule has 0 spiro atoms. The largest absolute Gasteiger partial charge is 0.235 e. The summed E-state index contributed by atoms with van der Waals surface area (Å²) in [6, 6.07) is 3.87. The van der Waals surface area contributed by atoms with Crippen molar-refractivity contribution in [2.24, 2.45) is 4.99 Å². The molecule has 1 radical (unpaired) electrons. The van der Waals surface area contributed by atoms with Crippen LogP contribution in [0.5, 0.6) is 0 Å². The first-order chi connectivity index (χ1) is 5.27. The molecule has 0 bridgehead atoms. The standard InChI is InChI=1S/C7H3Br2N2/c8-4-1-6-7(2-5(4)9)11-3-10-6/h1-3H. The van der Waals surface area contributed by atoms with E-state index in [9.17, 15) is 0 Å². The van der Waals surface area contributed by atoms with E-state index in [1.807, 2.05) is 12.1 Å². The highest BCUT2D eigenvalue weighted by Gasteiger charge is 2.09. The van der Waals surface area contributed by atoms with Gasteiger partial charge in [0.2, 0.25) is 0 Å². The molecule has 55 valence electrons. The highest BCUT2D eigenvalue weighted by atomic mass is 79.9. The van der Waals surface area contributed by atoms with Gasteiger partial charge < -0.3 is 0 Å². The lowest BCUT2D eigenvalue weighted by Gasteiger charge is -1.98. The van der Waals surface area contributed by atoms with Gasteiger partial charge >= 0.3 is 0 Å². The van der Waals surface area contributed by atoms with Gasteiger partial charge in [0.25, 0.3) is 0 Å². The molecule has 0 unspecified atom stereocenters. The van der Waals surface area contributed by atoms with Gasteiger partial charge in [-0.3, -0.25) is 0 Å². The Bertz CT molecular complexity index is 333. The summed E-state index contributed by atoms with van der Waals surface area (Å²) in [7, 11) is 0. The lowest BCUT2D eigenvalue weighted by atomic mass is 10.3. The Morgan fingerprint density at radius 1 is 1.00 bits per heavy atom. The molecule has 2 nitrogen and oxygen atoms in total. The van der Waals surface area contributed by atoms with Crippen LogP contribution in [0.2, 0.25) is 0 Å². The zero-order valence-corrected chi connectivity index (χ0v) is 8.55. The van der Waals surface area contributed by atoms with E-state index in [1.165, 1.54) is 0 Å². The van der Waals surface area contributed by atoms with Gasteiger partial charge in [-0.2, -0.15) is 0 Å². The first-order valence-corrected chi connectivity index (χ1v) is 4.58. The lowest BCUT2D eigenvalue weighted by molar-refractivity contribution is 1.34. The molecule has 0 atom stereocenters. The quantitative estimate of drug-likeness (QED) is 0.695. The third-order valence-electron chi connectivity index (χ3n) is 1.41. The molecule has 0 aliphatic carbocycles. The summed E-state index contributed by atoms with van der Waals surface area (Å²) in [5.41, 5.74) is 1.83. The van der Waals surface area contributed by atoms with E-state index < -0.39 is 0 Å². The van der Waals surface area contributed by atoms with Gasteiger partial charge in [0.15, 0.2) is 0 Å². The molecule has 1 aromatic carbocycles. The zero-order valence-electron chi connectivity index (χ0n) is 5.38. The molecular weight excluding hydrogens is 272 g/mol. The van der Waals surface area contributed by atoms with Crippen LogP contribution >= 0.6 is 31.9 Å². The van der Waals surface area contributed by atoms with E-state index in [2.05, 4.69) is 42.2 Å². The second kappa shape index (κ2) is 2.60. The number of rotatable bonds is 0. The van der Waals surface area contributed by atoms with Crippen LogP contribution in [0.15, 0.2) is 26.1 Å². The van der Waals surface area contributed by atoms with Gasteiger partial charge in [0.1, 0.15) is 6.34 Å². The number of fused-ring (bicyclic) bond motifs is 1. The Labute approximate surface area is 81.0 Å². The maximum absolute atomic E-state index is 4.06. The summed E-state index contributed by atoms with van der Waals surface area (Å²) in [4.78, 5) is 4.06. The molecule has 0 amide bonds. The fourth-order valence-corrected chi connectivity index (χ4v) is 1.55. The summed E-state index contributed by atoms with van der Waals surface area (Å²) >= 11 is 6.77. The smallest absolute Gasteiger partial charge is 0.116 e. The maximum Gasteiger partial charge on any atom is 0.116 e. The molecule has 1 aliphatic heterocycles. The first-order valence-electron chi connectivity index (χ1n) is 3.00. The van der Waals surface area contributed by atoms with Crippen LogP contribution in [0, 0.1) is 0 Å². The highest BCUT2D eigenvalue weighted by molar-refractivity contribution is 9.13. The number of hydrogen-bond donors (Lipinski definition) is 0. The van der Waals surface area contributed by atoms with Crippen molar-refractivity contribution in [1.29, 1.82) is 0 Å². The molecule has 4 heteroatoms. The van der Waals surface area contributed by atoms with Crippen molar-refractivity contribution in [2.45, 2.75) is 0 Å². The van der Waals surface area contributed by atoms with E-state index in [0.717, 1.165) is 20.3 Å². The molecule has 0 fully saturated rings. The second-order valence-corrected chi connectivity index (χ2v) is 3.84. The van der Waals surface area contributed by atoms with Crippen LogP contribution in [-0.2, 0) is 0 Å². The van der Waals surface area contributed by atoms with Crippen LogP contribution in [-0.4, -0.2) is 6.34 Å². The van der Waals surface area contributed by atoms with Gasteiger partial charge in [-0.1, -0.05) is 0 Å². The summed E-state index contributed by atoms with van der Waals surface area (Å²) in [5, 5.41) is 4.06. The summed E-state index contributed by atoms with van der Waals surface area (Å²) < 4.78 is 2.01. The fourth-order valence-electron chi connectivity index (χ4n) is 0.886. The van der Waals surface area contributed by atoms with Gasteiger partial charge in [0, 0.05) is 8.95 Å². The molecule has 0 N–H and O–H groups in total. The molecule has 2 rings (SSSR count). The number of halogens is 2. The third kappa shape index (κ3) is 1.20. The van der Waals surface area contributed by atoms with Crippen LogP contribution < -0.4 is 5.32 Å². The van der Waals surface area contributed by atoms with Gasteiger partial charge in [-0.15, -0.1) is 0 Å². The number of benzene rings is 1. The summed E-state index contributed by atoms with van der Waals surface area (Å²) in [5.74, 6) is 0. The van der Waals surface area contributed by atoms with Crippen LogP contribution in [0.3, 0.4) is 0 Å². The SMILES string of the molecule is Brc1cc2c(cc1Br)N=C[N]2. The van der Waals surface area contributed by atoms with Crippen molar-refractivity contribution in [3.05, 3.63) is 21.1 Å². The van der Waals surface area contributed by atoms with Crippen LogP contribution in [0.4, 0.5) is 11.4 Å². The normalized spacial score (nSPS) is 12.9. The van der Waals surface area contributed by atoms with Crippen LogP contribution in [0.25, 0.3) is 0 Å². The third-order valence-corrected chi connectivity index (χ3v) is 3.26. The Hall–Kier alpha value is -0.350. The Kier molecular flexibility index (Phi) is 1.73. The monoisotopic (exact) mass is 273 g/mol. The molecule has 0 aromatic heterocycles. The van der Waals surface area contributed by atoms with E-state index in [4.69, 9.17) is 0 Å². The van der Waals surface area contributed by atoms with Crippen molar-refractivity contribution in [3.63, 3.8) is 0 Å². The average molecular weight is 275 g/mol. The Morgan fingerprint density at radius 2 is 1.64 bits per heavy atom. The van der Waals surface area contributed by atoms with Crippen molar-refractivity contribution in [2.75, 3.05) is 0 Å². The number of aliphatic imine (C=N–C) groups is 1. The molecule has 0 saturated carbocycles. The predicted molar refractivity (Wildman–Crippen MR) is 51.8 cm³/mol.